The molecule has 2 heterocycles. The molecule has 0 radical (unpaired) electrons. The molecule has 12 heteroatoms. The smallest absolute Gasteiger partial charge is 0.329 e. The van der Waals surface area contributed by atoms with Crippen LogP contribution in [0.4, 0.5) is 0 Å². The molecule has 4 rings (SSSR count). The van der Waals surface area contributed by atoms with Crippen LogP contribution in [-0.2, 0) is 21.1 Å². The van der Waals surface area contributed by atoms with Gasteiger partial charge >= 0.3 is 13.6 Å². The number of nitrogens with zero attached hydrogens (tertiary/aromatic N) is 3. The molecule has 0 aliphatic carbocycles. The third kappa shape index (κ3) is 4.72. The number of benzene rings is 2. The van der Waals surface area contributed by atoms with Gasteiger partial charge in [-0.3, -0.25) is 9.36 Å². The first-order valence-corrected chi connectivity index (χ1v) is 12.2. The van der Waals surface area contributed by atoms with Crippen LogP contribution in [0.15, 0.2) is 42.5 Å². The number of carbonyl (C=O) groups excluding carboxylic acids is 2. The van der Waals surface area contributed by atoms with Gasteiger partial charge in [0, 0.05) is 12.6 Å². The topological polar surface area (TPSA) is 159 Å². The van der Waals surface area contributed by atoms with E-state index in [2.05, 4.69) is 20.0 Å². The molecule has 11 nitrogen and oxygen atoms in total. The fourth-order valence-corrected chi connectivity index (χ4v) is 4.55. The van der Waals surface area contributed by atoms with Crippen LogP contribution in [0.5, 0.6) is 0 Å². The van der Waals surface area contributed by atoms with Gasteiger partial charge in [-0.2, -0.15) is 0 Å². The van der Waals surface area contributed by atoms with Gasteiger partial charge in [-0.05, 0) is 37.3 Å². The van der Waals surface area contributed by atoms with Crippen molar-refractivity contribution in [3.63, 3.8) is 0 Å². The summed E-state index contributed by atoms with van der Waals surface area (Å²) >= 11 is 0. The summed E-state index contributed by atoms with van der Waals surface area (Å²) in [6.07, 6.45) is -0.863. The van der Waals surface area contributed by atoms with E-state index in [1.54, 1.807) is 12.1 Å². The molecule has 2 aromatic heterocycles. The fraction of sp³-hybridized carbons (Fsp3) is 0.273. The molecule has 0 aliphatic heterocycles. The summed E-state index contributed by atoms with van der Waals surface area (Å²) < 4.78 is 17.8. The lowest BCUT2D eigenvalue weighted by atomic mass is 10.1. The monoisotopic (exact) mass is 485 g/mol. The Morgan fingerprint density at radius 2 is 1.91 bits per heavy atom. The maximum absolute atomic E-state index is 12.8. The number of methoxy groups -OCH3 is 1. The lowest BCUT2D eigenvalue weighted by Gasteiger charge is -2.17. The number of amides is 1. The third-order valence-electron chi connectivity index (χ3n) is 5.59. The number of fused-ring (bicyclic) bond motifs is 2. The number of hydrogen-bond donors (Lipinski definition) is 4. The van der Waals surface area contributed by atoms with Gasteiger partial charge in [0.2, 0.25) is 0 Å². The van der Waals surface area contributed by atoms with Gasteiger partial charge in [0.25, 0.3) is 5.91 Å². The van der Waals surface area contributed by atoms with Crippen molar-refractivity contribution >= 4 is 41.5 Å². The van der Waals surface area contributed by atoms with Crippen LogP contribution in [-0.4, -0.2) is 60.5 Å². The highest BCUT2D eigenvalue weighted by Crippen LogP contribution is 2.35. The lowest BCUT2D eigenvalue weighted by Crippen LogP contribution is -2.44. The summed E-state index contributed by atoms with van der Waals surface area (Å²) in [5.41, 5.74) is 3.33. The van der Waals surface area contributed by atoms with Crippen LogP contribution in [0, 0.1) is 0 Å². The molecule has 0 saturated carbocycles. The summed E-state index contributed by atoms with van der Waals surface area (Å²) in [5, 5.41) is 2.34. The molecule has 0 aliphatic rings. The Balaban J connectivity index is 1.62. The van der Waals surface area contributed by atoms with Crippen LogP contribution < -0.4 is 5.32 Å². The van der Waals surface area contributed by atoms with Gasteiger partial charge < -0.3 is 29.4 Å². The largest absolute Gasteiger partial charge is 0.467 e. The van der Waals surface area contributed by atoms with Gasteiger partial charge in [-0.15, -0.1) is 0 Å². The predicted octanol–water partition coefficient (Wildman–Crippen LogP) is 2.05. The molecular weight excluding hydrogens is 461 g/mol. The Hall–Kier alpha value is -3.53. The summed E-state index contributed by atoms with van der Waals surface area (Å²) in [7, 11) is -1.66. The summed E-state index contributed by atoms with van der Waals surface area (Å²) in [5.74, 6) is -0.274. The number of para-hydroxylation sites is 2. The quantitative estimate of drug-likeness (QED) is 0.229. The molecule has 2 atom stereocenters. The number of aryl methyl sites for hydroxylation is 1. The van der Waals surface area contributed by atoms with Crippen molar-refractivity contribution in [1.29, 1.82) is 0 Å². The van der Waals surface area contributed by atoms with Crippen molar-refractivity contribution in [3.05, 3.63) is 59.7 Å². The fourth-order valence-electron chi connectivity index (χ4n) is 3.84. The van der Waals surface area contributed by atoms with Crippen LogP contribution in [0.1, 0.15) is 34.8 Å². The minimum absolute atomic E-state index is 0.158. The summed E-state index contributed by atoms with van der Waals surface area (Å²) in [6, 6.07) is 11.1. The molecular formula is C22H24N5O6P. The number of hydrogen-bond acceptors (Lipinski definition) is 6. The van der Waals surface area contributed by atoms with Gasteiger partial charge in [-0.1, -0.05) is 12.1 Å². The molecule has 2 unspecified atom stereocenters. The van der Waals surface area contributed by atoms with E-state index in [4.69, 9.17) is 4.98 Å². The molecule has 1 amide bonds. The highest BCUT2D eigenvalue weighted by Gasteiger charge is 2.30. The van der Waals surface area contributed by atoms with E-state index >= 15 is 0 Å². The molecule has 0 saturated heterocycles. The standard InChI is InChI=1S/C22H24N5O6P/c1-12(19-23-14-6-4-5-7-15(14)24-19)20-25-16-9-8-13(10-18(16)27(20)2)21(28)26-17(22(29)33-3)11-34(30,31)32/h4-10,12,17H,11H2,1-3H3,(H,23,24)(H,26,28)(H2,30,31,32). The zero-order valence-corrected chi connectivity index (χ0v) is 19.6. The Morgan fingerprint density at radius 1 is 1.18 bits per heavy atom. The maximum atomic E-state index is 12.8. The zero-order chi connectivity index (χ0) is 24.6. The Labute approximate surface area is 194 Å². The molecule has 0 bridgehead atoms. The lowest BCUT2D eigenvalue weighted by molar-refractivity contribution is -0.142. The van der Waals surface area contributed by atoms with Crippen molar-refractivity contribution in [2.45, 2.75) is 18.9 Å². The highest BCUT2D eigenvalue weighted by atomic mass is 31.2. The van der Waals surface area contributed by atoms with E-state index in [-0.39, 0.29) is 11.5 Å². The first-order chi connectivity index (χ1) is 16.1. The third-order valence-corrected chi connectivity index (χ3v) is 6.44. The van der Waals surface area contributed by atoms with Gasteiger partial charge in [0.05, 0.1) is 41.3 Å². The number of carbonyl (C=O) groups is 2. The summed E-state index contributed by atoms with van der Waals surface area (Å²) in [6.45, 7) is 1.98. The van der Waals surface area contributed by atoms with Crippen molar-refractivity contribution in [2.24, 2.45) is 7.05 Å². The van der Waals surface area contributed by atoms with Gasteiger partial charge in [-0.25, -0.2) is 14.8 Å². The van der Waals surface area contributed by atoms with E-state index in [1.165, 1.54) is 6.07 Å². The SMILES string of the molecule is COC(=O)C(CP(=O)(O)O)NC(=O)c1ccc2nc(C(C)c3nc4ccccc4[nH]3)n(C)c2c1. The first-order valence-electron chi connectivity index (χ1n) is 10.4. The van der Waals surface area contributed by atoms with Crippen molar-refractivity contribution < 1.29 is 28.7 Å². The van der Waals surface area contributed by atoms with Crippen molar-refractivity contribution in [3.8, 4) is 0 Å². The van der Waals surface area contributed by atoms with Gasteiger partial charge in [0.1, 0.15) is 17.7 Å². The number of H-pyrrole nitrogens is 1. The van der Waals surface area contributed by atoms with E-state index in [0.717, 1.165) is 29.8 Å². The zero-order valence-electron chi connectivity index (χ0n) is 18.7. The average molecular weight is 485 g/mol. The normalized spacial score (nSPS) is 13.7. The maximum Gasteiger partial charge on any atom is 0.329 e. The Kier molecular flexibility index (Phi) is 6.26. The number of ether oxygens (including phenoxy) is 1. The number of aromatic nitrogens is 4. The Bertz CT molecular complexity index is 1410. The minimum atomic E-state index is -4.57. The molecule has 0 fully saturated rings. The van der Waals surface area contributed by atoms with Crippen molar-refractivity contribution in [1.82, 2.24) is 24.8 Å². The van der Waals surface area contributed by atoms with Crippen molar-refractivity contribution in [2.75, 3.05) is 13.3 Å². The van der Waals surface area contributed by atoms with E-state index in [9.17, 15) is 23.9 Å². The minimum Gasteiger partial charge on any atom is -0.467 e. The van der Waals surface area contributed by atoms with E-state index in [0.29, 0.717) is 11.0 Å². The number of nitrogens with one attached hydrogen (secondary N) is 2. The summed E-state index contributed by atoms with van der Waals surface area (Å²) in [4.78, 5) is 55.8. The number of aromatic amines is 1. The first kappa shape index (κ1) is 23.6. The second-order valence-electron chi connectivity index (χ2n) is 7.99. The molecule has 0 spiro atoms. The number of esters is 1. The predicted molar refractivity (Wildman–Crippen MR) is 125 cm³/mol. The van der Waals surface area contributed by atoms with Gasteiger partial charge in [0.15, 0.2) is 0 Å². The number of imidazole rings is 2. The van der Waals surface area contributed by atoms with E-state index < -0.39 is 31.7 Å². The molecule has 178 valence electrons. The van der Waals surface area contributed by atoms with Crippen LogP contribution in [0.2, 0.25) is 0 Å². The second-order valence-corrected chi connectivity index (χ2v) is 9.68. The molecule has 4 N–H and O–H groups in total. The van der Waals surface area contributed by atoms with Crippen LogP contribution in [0.25, 0.3) is 22.1 Å². The van der Waals surface area contributed by atoms with E-state index in [1.807, 2.05) is 42.8 Å². The number of rotatable bonds is 7. The highest BCUT2D eigenvalue weighted by molar-refractivity contribution is 7.51. The van der Waals surface area contributed by atoms with Crippen LogP contribution >= 0.6 is 7.60 Å². The Morgan fingerprint density at radius 3 is 2.59 bits per heavy atom. The second kappa shape index (κ2) is 9.02. The molecule has 34 heavy (non-hydrogen) atoms. The average Bonchev–Trinajstić information content (AvgIpc) is 3.37. The molecule has 2 aromatic carbocycles. The molecule has 4 aromatic rings. The van der Waals surface area contributed by atoms with Crippen LogP contribution in [0.3, 0.4) is 0 Å².